The van der Waals surface area contributed by atoms with Gasteiger partial charge in [0.05, 0.1) is 16.7 Å². The Morgan fingerprint density at radius 1 is 1.21 bits per heavy atom. The van der Waals surface area contributed by atoms with Crippen molar-refractivity contribution in [3.63, 3.8) is 0 Å². The Kier molecular flexibility index (Phi) is 7.16. The van der Waals surface area contributed by atoms with E-state index >= 15 is 0 Å². The molecule has 5 nitrogen and oxygen atoms in total. The van der Waals surface area contributed by atoms with Crippen LogP contribution in [-0.2, 0) is 4.79 Å². The van der Waals surface area contributed by atoms with Crippen molar-refractivity contribution >= 4 is 28.6 Å². The molecule has 0 radical (unpaired) electrons. The fourth-order valence-electron chi connectivity index (χ4n) is 3.81. The molecule has 0 spiro atoms. The number of benzene rings is 1. The highest BCUT2D eigenvalue weighted by Crippen LogP contribution is 2.32. The van der Waals surface area contributed by atoms with Gasteiger partial charge in [-0.05, 0) is 50.7 Å². The zero-order chi connectivity index (χ0) is 20.1. The Hall–Kier alpha value is -1.82. The van der Waals surface area contributed by atoms with Gasteiger partial charge in [-0.3, -0.25) is 14.2 Å². The Morgan fingerprint density at radius 3 is 2.64 bits per heavy atom. The van der Waals surface area contributed by atoms with E-state index in [9.17, 15) is 9.59 Å². The summed E-state index contributed by atoms with van der Waals surface area (Å²) in [6.07, 6.45) is 6.37. The first-order valence-corrected chi connectivity index (χ1v) is 11.4. The normalized spacial score (nSPS) is 16.0. The highest BCUT2D eigenvalue weighted by atomic mass is 32.2. The van der Waals surface area contributed by atoms with Crippen LogP contribution >= 0.6 is 11.8 Å². The second-order valence-corrected chi connectivity index (χ2v) is 9.20. The van der Waals surface area contributed by atoms with Crippen LogP contribution in [-0.4, -0.2) is 27.3 Å². The highest BCUT2D eigenvalue weighted by molar-refractivity contribution is 7.99. The number of nitrogens with one attached hydrogen (secondary N) is 1. The third kappa shape index (κ3) is 5.16. The van der Waals surface area contributed by atoms with Crippen LogP contribution in [0.3, 0.4) is 0 Å². The number of hydrogen-bond acceptors (Lipinski definition) is 4. The Bertz CT molecular complexity index is 872. The zero-order valence-corrected chi connectivity index (χ0v) is 17.9. The van der Waals surface area contributed by atoms with Crippen molar-refractivity contribution in [1.82, 2.24) is 14.9 Å². The second-order valence-electron chi connectivity index (χ2n) is 8.25. The van der Waals surface area contributed by atoms with Gasteiger partial charge in [0.15, 0.2) is 5.16 Å². The summed E-state index contributed by atoms with van der Waals surface area (Å²) in [5.74, 6) is 0.918. The quantitative estimate of drug-likeness (QED) is 0.521. The van der Waals surface area contributed by atoms with Gasteiger partial charge >= 0.3 is 0 Å². The number of carbonyl (C=O) groups is 1. The number of thioether (sulfide) groups is 1. The first-order chi connectivity index (χ1) is 13.5. The fourth-order valence-corrected chi connectivity index (χ4v) is 4.69. The number of fused-ring (bicyclic) bond motifs is 1. The minimum atomic E-state index is 0.00151. The highest BCUT2D eigenvalue weighted by Gasteiger charge is 2.23. The molecule has 0 bridgehead atoms. The van der Waals surface area contributed by atoms with Crippen LogP contribution in [0.15, 0.2) is 34.2 Å². The molecule has 1 saturated carbocycles. The lowest BCUT2D eigenvalue weighted by atomic mass is 10.0. The lowest BCUT2D eigenvalue weighted by molar-refractivity contribution is -0.119. The van der Waals surface area contributed by atoms with Gasteiger partial charge in [0.1, 0.15) is 0 Å². The van der Waals surface area contributed by atoms with Crippen LogP contribution in [0.4, 0.5) is 0 Å². The summed E-state index contributed by atoms with van der Waals surface area (Å²) in [6, 6.07) is 7.84. The molecule has 6 heteroatoms. The van der Waals surface area contributed by atoms with Gasteiger partial charge in [-0.25, -0.2) is 4.98 Å². The molecule has 1 amide bonds. The third-order valence-electron chi connectivity index (χ3n) is 5.38. The molecule has 28 heavy (non-hydrogen) atoms. The van der Waals surface area contributed by atoms with Crippen molar-refractivity contribution in [2.75, 3.05) is 5.75 Å². The van der Waals surface area contributed by atoms with E-state index in [0.717, 1.165) is 38.5 Å². The molecule has 1 aromatic carbocycles. The van der Waals surface area contributed by atoms with Crippen LogP contribution in [0, 0.1) is 5.92 Å². The summed E-state index contributed by atoms with van der Waals surface area (Å²) in [4.78, 5) is 30.3. The van der Waals surface area contributed by atoms with Crippen LogP contribution in [0.1, 0.15) is 65.3 Å². The lowest BCUT2D eigenvalue weighted by Crippen LogP contribution is -2.34. The van der Waals surface area contributed by atoms with E-state index in [1.165, 1.54) is 11.8 Å². The zero-order valence-electron chi connectivity index (χ0n) is 17.1. The molecule has 1 unspecified atom stereocenters. The van der Waals surface area contributed by atoms with Gasteiger partial charge < -0.3 is 5.32 Å². The van der Waals surface area contributed by atoms with Gasteiger partial charge in [-0.1, -0.05) is 50.6 Å². The maximum atomic E-state index is 13.1. The van der Waals surface area contributed by atoms with E-state index in [1.54, 1.807) is 0 Å². The molecule has 1 aliphatic rings. The second kappa shape index (κ2) is 9.59. The molecular formula is C22H31N3O2S. The molecule has 0 saturated heterocycles. The van der Waals surface area contributed by atoms with E-state index in [1.807, 2.05) is 35.8 Å². The maximum absolute atomic E-state index is 13.1. The summed E-state index contributed by atoms with van der Waals surface area (Å²) in [7, 11) is 0. The SMILES string of the molecule is CC(C)CCC(C)NC(=O)CSc1nc2ccccc2c(=O)n1C1CCCC1. The monoisotopic (exact) mass is 401 g/mol. The van der Waals surface area contributed by atoms with Gasteiger partial charge in [0, 0.05) is 12.1 Å². The third-order valence-corrected chi connectivity index (χ3v) is 6.33. The number of carbonyl (C=O) groups excluding carboxylic acids is 1. The van der Waals surface area contributed by atoms with Crippen LogP contribution in [0.25, 0.3) is 10.9 Å². The van der Waals surface area contributed by atoms with Crippen molar-refractivity contribution in [2.24, 2.45) is 5.92 Å². The Labute approximate surface area is 171 Å². The smallest absolute Gasteiger partial charge is 0.262 e. The molecule has 152 valence electrons. The van der Waals surface area contributed by atoms with Crippen LogP contribution in [0.2, 0.25) is 0 Å². The van der Waals surface area contributed by atoms with Crippen molar-refractivity contribution in [3.05, 3.63) is 34.6 Å². The molecule has 1 N–H and O–H groups in total. The summed E-state index contributed by atoms with van der Waals surface area (Å²) < 4.78 is 1.84. The minimum absolute atomic E-state index is 0.00151. The Balaban J connectivity index is 1.75. The maximum Gasteiger partial charge on any atom is 0.262 e. The number of rotatable bonds is 8. The van der Waals surface area contributed by atoms with Crippen LogP contribution < -0.4 is 10.9 Å². The van der Waals surface area contributed by atoms with Crippen molar-refractivity contribution in [1.29, 1.82) is 0 Å². The van der Waals surface area contributed by atoms with Gasteiger partial charge in [0.2, 0.25) is 5.91 Å². The first kappa shape index (κ1) is 20.9. The van der Waals surface area contributed by atoms with Crippen molar-refractivity contribution in [2.45, 2.75) is 76.5 Å². The largest absolute Gasteiger partial charge is 0.353 e. The number of amides is 1. The van der Waals surface area contributed by atoms with E-state index in [2.05, 4.69) is 19.2 Å². The summed E-state index contributed by atoms with van der Waals surface area (Å²) in [5.41, 5.74) is 0.723. The molecule has 1 aromatic heterocycles. The van der Waals surface area contributed by atoms with E-state index < -0.39 is 0 Å². The van der Waals surface area contributed by atoms with E-state index in [4.69, 9.17) is 4.98 Å². The average molecular weight is 402 g/mol. The van der Waals surface area contributed by atoms with E-state index in [-0.39, 0.29) is 29.3 Å². The number of nitrogens with zero attached hydrogens (tertiary/aromatic N) is 2. The summed E-state index contributed by atoms with van der Waals surface area (Å²) >= 11 is 1.38. The molecule has 0 aliphatic heterocycles. The Morgan fingerprint density at radius 2 is 1.93 bits per heavy atom. The predicted molar refractivity (Wildman–Crippen MR) is 116 cm³/mol. The molecular weight excluding hydrogens is 370 g/mol. The number of aromatic nitrogens is 2. The molecule has 3 rings (SSSR count). The molecule has 1 atom stereocenters. The topological polar surface area (TPSA) is 64.0 Å². The minimum Gasteiger partial charge on any atom is -0.353 e. The molecule has 2 aromatic rings. The van der Waals surface area contributed by atoms with E-state index in [0.29, 0.717) is 22.0 Å². The molecule has 1 heterocycles. The van der Waals surface area contributed by atoms with Gasteiger partial charge in [-0.15, -0.1) is 0 Å². The van der Waals surface area contributed by atoms with Crippen LogP contribution in [0.5, 0.6) is 0 Å². The van der Waals surface area contributed by atoms with Crippen molar-refractivity contribution < 1.29 is 4.79 Å². The summed E-state index contributed by atoms with van der Waals surface area (Å²) in [5, 5.41) is 4.40. The van der Waals surface area contributed by atoms with Crippen molar-refractivity contribution in [3.8, 4) is 0 Å². The van der Waals surface area contributed by atoms with Gasteiger partial charge in [-0.2, -0.15) is 0 Å². The molecule has 1 fully saturated rings. The fraction of sp³-hybridized carbons (Fsp3) is 0.591. The van der Waals surface area contributed by atoms with Gasteiger partial charge in [0.25, 0.3) is 5.56 Å². The number of para-hydroxylation sites is 1. The summed E-state index contributed by atoms with van der Waals surface area (Å²) in [6.45, 7) is 6.43. The average Bonchev–Trinajstić information content (AvgIpc) is 3.19. The standard InChI is InChI=1S/C22H31N3O2S/c1-15(2)12-13-16(3)23-20(26)14-28-22-24-19-11-7-6-10-18(19)21(27)25(22)17-8-4-5-9-17/h6-7,10-11,15-17H,4-5,8-9,12-14H2,1-3H3,(H,23,26). The first-order valence-electron chi connectivity index (χ1n) is 10.4. The number of hydrogen-bond donors (Lipinski definition) is 1. The predicted octanol–water partition coefficient (Wildman–Crippen LogP) is 4.54. The molecule has 1 aliphatic carbocycles. The lowest BCUT2D eigenvalue weighted by Gasteiger charge is -2.19.